The first-order valence-electron chi connectivity index (χ1n) is 4.32. The number of aromatic nitrogens is 2. The number of thioether (sulfide) groups is 1. The zero-order valence-corrected chi connectivity index (χ0v) is 10.4. The van der Waals surface area contributed by atoms with E-state index in [0.717, 1.165) is 21.9 Å². The Balaban J connectivity index is 2.88. The van der Waals surface area contributed by atoms with Gasteiger partial charge in [-0.3, -0.25) is 0 Å². The fraction of sp³-hybridized carbons (Fsp3) is 0.556. The van der Waals surface area contributed by atoms with E-state index in [0.29, 0.717) is 5.25 Å². The van der Waals surface area contributed by atoms with Crippen LogP contribution in [0.1, 0.15) is 26.6 Å². The van der Waals surface area contributed by atoms with Crippen LogP contribution in [0.25, 0.3) is 0 Å². The number of nitrogens with zero attached hydrogens (tertiary/aromatic N) is 2. The molecule has 13 heavy (non-hydrogen) atoms. The average molecular weight is 261 g/mol. The molecular formula is C9H13BrN2S. The molecule has 0 amide bonds. The summed E-state index contributed by atoms with van der Waals surface area (Å²) in [6.45, 7) is 6.38. The number of aryl methyl sites for hydroxylation is 1. The van der Waals surface area contributed by atoms with Crippen molar-refractivity contribution in [1.29, 1.82) is 0 Å². The molecule has 0 aliphatic carbocycles. The molecule has 0 aliphatic heterocycles. The van der Waals surface area contributed by atoms with E-state index in [1.54, 1.807) is 11.8 Å². The van der Waals surface area contributed by atoms with Gasteiger partial charge in [0.1, 0.15) is 15.5 Å². The van der Waals surface area contributed by atoms with Crippen LogP contribution in [0.4, 0.5) is 0 Å². The lowest BCUT2D eigenvalue weighted by molar-refractivity contribution is 0.874. The minimum Gasteiger partial charge on any atom is -0.227 e. The molecule has 1 aromatic heterocycles. The molecule has 0 saturated carbocycles. The zero-order chi connectivity index (χ0) is 9.84. The van der Waals surface area contributed by atoms with Crippen molar-refractivity contribution in [2.45, 2.75) is 37.5 Å². The van der Waals surface area contributed by atoms with Crippen LogP contribution >= 0.6 is 27.7 Å². The molecule has 1 rings (SSSR count). The molecule has 0 spiro atoms. The van der Waals surface area contributed by atoms with E-state index in [-0.39, 0.29) is 0 Å². The largest absolute Gasteiger partial charge is 0.227 e. The second kappa shape index (κ2) is 4.96. The lowest BCUT2D eigenvalue weighted by Gasteiger charge is -2.05. The number of rotatable bonds is 3. The van der Waals surface area contributed by atoms with Crippen LogP contribution < -0.4 is 0 Å². The van der Waals surface area contributed by atoms with E-state index in [2.05, 4.69) is 46.7 Å². The van der Waals surface area contributed by atoms with Crippen LogP contribution in [0.5, 0.6) is 0 Å². The Morgan fingerprint density at radius 3 is 2.69 bits per heavy atom. The van der Waals surface area contributed by atoms with E-state index in [9.17, 15) is 0 Å². The average Bonchev–Trinajstić information content (AvgIpc) is 2.01. The molecule has 0 saturated heterocycles. The highest BCUT2D eigenvalue weighted by Gasteiger charge is 2.03. The number of hydrogen-bond donors (Lipinski definition) is 0. The molecule has 0 fully saturated rings. The van der Waals surface area contributed by atoms with E-state index < -0.39 is 0 Å². The van der Waals surface area contributed by atoms with Crippen molar-refractivity contribution >= 4 is 27.7 Å². The summed E-state index contributed by atoms with van der Waals surface area (Å²) in [7, 11) is 0. The second-order valence-corrected chi connectivity index (χ2v) is 5.37. The fourth-order valence-corrected chi connectivity index (χ4v) is 2.30. The van der Waals surface area contributed by atoms with Gasteiger partial charge in [0.2, 0.25) is 0 Å². The molecule has 1 heterocycles. The van der Waals surface area contributed by atoms with E-state index >= 15 is 0 Å². The smallest absolute Gasteiger partial charge is 0.130 e. The Kier molecular flexibility index (Phi) is 4.19. The highest BCUT2D eigenvalue weighted by Crippen LogP contribution is 2.22. The fourth-order valence-electron chi connectivity index (χ4n) is 0.902. The van der Waals surface area contributed by atoms with Crippen LogP contribution in [0.15, 0.2) is 15.7 Å². The van der Waals surface area contributed by atoms with Gasteiger partial charge in [-0.2, -0.15) is 0 Å². The van der Waals surface area contributed by atoms with Gasteiger partial charge in [0.25, 0.3) is 0 Å². The van der Waals surface area contributed by atoms with E-state index in [1.807, 2.05) is 6.07 Å². The number of hydrogen-bond acceptors (Lipinski definition) is 3. The minimum atomic E-state index is 0.562. The Hall–Kier alpha value is -0.0900. The van der Waals surface area contributed by atoms with Crippen LogP contribution in [0.2, 0.25) is 0 Å². The maximum atomic E-state index is 4.41. The monoisotopic (exact) mass is 260 g/mol. The van der Waals surface area contributed by atoms with Gasteiger partial charge < -0.3 is 0 Å². The van der Waals surface area contributed by atoms with Gasteiger partial charge in [-0.1, -0.05) is 20.8 Å². The minimum absolute atomic E-state index is 0.562. The van der Waals surface area contributed by atoms with Gasteiger partial charge in [-0.25, -0.2) is 9.97 Å². The SMILES string of the molecule is CCc1nc(Br)cc(SC(C)C)n1. The van der Waals surface area contributed by atoms with Gasteiger partial charge in [-0.05, 0) is 15.9 Å². The van der Waals surface area contributed by atoms with Gasteiger partial charge in [0.15, 0.2) is 0 Å². The first-order valence-corrected chi connectivity index (χ1v) is 5.99. The molecular weight excluding hydrogens is 248 g/mol. The van der Waals surface area contributed by atoms with Crippen molar-refractivity contribution in [3.63, 3.8) is 0 Å². The molecule has 0 atom stereocenters. The third-order valence-electron chi connectivity index (χ3n) is 1.39. The molecule has 0 radical (unpaired) electrons. The van der Waals surface area contributed by atoms with Gasteiger partial charge in [0, 0.05) is 17.7 Å². The maximum absolute atomic E-state index is 4.41. The lowest BCUT2D eigenvalue weighted by atomic mass is 10.4. The van der Waals surface area contributed by atoms with Crippen molar-refractivity contribution in [1.82, 2.24) is 9.97 Å². The Bertz CT molecular complexity index is 289. The summed E-state index contributed by atoms with van der Waals surface area (Å²) in [6, 6.07) is 1.96. The third-order valence-corrected chi connectivity index (χ3v) is 2.72. The van der Waals surface area contributed by atoms with Crippen LogP contribution in [-0.4, -0.2) is 15.2 Å². The molecule has 0 N–H and O–H groups in total. The third kappa shape index (κ3) is 3.65. The van der Waals surface area contributed by atoms with E-state index in [4.69, 9.17) is 0 Å². The highest BCUT2D eigenvalue weighted by atomic mass is 79.9. The Morgan fingerprint density at radius 2 is 2.15 bits per heavy atom. The van der Waals surface area contributed by atoms with Gasteiger partial charge >= 0.3 is 0 Å². The summed E-state index contributed by atoms with van der Waals surface area (Å²) >= 11 is 5.14. The molecule has 72 valence electrons. The predicted octanol–water partition coefficient (Wildman–Crippen LogP) is 3.30. The predicted molar refractivity (Wildman–Crippen MR) is 60.1 cm³/mol. The van der Waals surface area contributed by atoms with Crippen molar-refractivity contribution in [3.8, 4) is 0 Å². The summed E-state index contributed by atoms with van der Waals surface area (Å²) < 4.78 is 0.877. The topological polar surface area (TPSA) is 25.8 Å². The molecule has 2 nitrogen and oxygen atoms in total. The van der Waals surface area contributed by atoms with Gasteiger partial charge in [0.05, 0.1) is 0 Å². The first-order chi connectivity index (χ1) is 6.11. The molecule has 0 aliphatic rings. The zero-order valence-electron chi connectivity index (χ0n) is 8.04. The molecule has 0 bridgehead atoms. The molecule has 0 unspecified atom stereocenters. The summed E-state index contributed by atoms with van der Waals surface area (Å²) in [6.07, 6.45) is 0.880. The maximum Gasteiger partial charge on any atom is 0.130 e. The number of halogens is 1. The van der Waals surface area contributed by atoms with Crippen molar-refractivity contribution < 1.29 is 0 Å². The van der Waals surface area contributed by atoms with Crippen molar-refractivity contribution in [2.75, 3.05) is 0 Å². The van der Waals surface area contributed by atoms with Crippen LogP contribution in [0.3, 0.4) is 0 Å². The Morgan fingerprint density at radius 1 is 1.46 bits per heavy atom. The van der Waals surface area contributed by atoms with Gasteiger partial charge in [-0.15, -0.1) is 11.8 Å². The molecule has 1 aromatic rings. The molecule has 4 heteroatoms. The Labute approximate surface area is 91.7 Å². The quantitative estimate of drug-likeness (QED) is 0.616. The van der Waals surface area contributed by atoms with Crippen molar-refractivity contribution in [2.24, 2.45) is 0 Å². The normalized spacial score (nSPS) is 10.8. The highest BCUT2D eigenvalue weighted by molar-refractivity contribution is 9.10. The lowest BCUT2D eigenvalue weighted by Crippen LogP contribution is -1.96. The van der Waals surface area contributed by atoms with Crippen LogP contribution in [-0.2, 0) is 6.42 Å². The van der Waals surface area contributed by atoms with Crippen molar-refractivity contribution in [3.05, 3.63) is 16.5 Å². The summed E-state index contributed by atoms with van der Waals surface area (Å²) in [4.78, 5) is 8.67. The summed E-state index contributed by atoms with van der Waals surface area (Å²) in [5.41, 5.74) is 0. The second-order valence-electron chi connectivity index (χ2n) is 2.97. The standard InChI is InChI=1S/C9H13BrN2S/c1-4-8-11-7(10)5-9(12-8)13-6(2)3/h5-6H,4H2,1-3H3. The van der Waals surface area contributed by atoms with Crippen LogP contribution in [0, 0.1) is 0 Å². The summed E-state index contributed by atoms with van der Waals surface area (Å²) in [5.74, 6) is 0.900. The molecule has 0 aromatic carbocycles. The van der Waals surface area contributed by atoms with E-state index in [1.165, 1.54) is 0 Å². The summed E-state index contributed by atoms with van der Waals surface area (Å²) in [5, 5.41) is 1.61. The first kappa shape index (κ1) is 11.0.